The van der Waals surface area contributed by atoms with E-state index in [1.807, 2.05) is 27.7 Å². The molecule has 0 fully saturated rings. The van der Waals surface area contributed by atoms with Crippen LogP contribution in [0.25, 0.3) is 0 Å². The van der Waals surface area contributed by atoms with Crippen LogP contribution in [0, 0.1) is 6.92 Å². The normalized spacial score (nSPS) is 11.0. The van der Waals surface area contributed by atoms with Crippen LogP contribution in [0.2, 0.25) is 0 Å². The lowest BCUT2D eigenvalue weighted by molar-refractivity contribution is 0.189. The molecule has 1 aromatic rings. The summed E-state index contributed by atoms with van der Waals surface area (Å²) in [4.78, 5) is 11.4. The molecular formula is C12H17NO3. The van der Waals surface area contributed by atoms with Crippen LogP contribution in [0.3, 0.4) is 0 Å². The Labute approximate surface area is 95.2 Å². The molecule has 1 aromatic carbocycles. The zero-order valence-electron chi connectivity index (χ0n) is 10.00. The quantitative estimate of drug-likeness (QED) is 0.769. The van der Waals surface area contributed by atoms with Gasteiger partial charge >= 0.3 is 6.09 Å². The van der Waals surface area contributed by atoms with E-state index in [4.69, 9.17) is 4.74 Å². The van der Waals surface area contributed by atoms with E-state index in [1.165, 1.54) is 0 Å². The number of nitrogens with one attached hydrogen (secondary N) is 1. The number of carbonyl (C=O) groups is 1. The summed E-state index contributed by atoms with van der Waals surface area (Å²) < 4.78 is 4.98. The van der Waals surface area contributed by atoms with E-state index in [9.17, 15) is 9.90 Å². The van der Waals surface area contributed by atoms with Gasteiger partial charge in [0.1, 0.15) is 0 Å². The molecule has 4 heteroatoms. The molecule has 4 nitrogen and oxygen atoms in total. The molecule has 2 N–H and O–H groups in total. The first kappa shape index (κ1) is 12.4. The highest BCUT2D eigenvalue weighted by Gasteiger charge is 2.16. The van der Waals surface area contributed by atoms with Crippen molar-refractivity contribution in [1.29, 1.82) is 0 Å². The van der Waals surface area contributed by atoms with Gasteiger partial charge in [0.15, 0.2) is 11.5 Å². The molecule has 0 unspecified atom stereocenters. The Kier molecular flexibility index (Phi) is 3.42. The fourth-order valence-electron chi connectivity index (χ4n) is 1.15. The van der Waals surface area contributed by atoms with Crippen molar-refractivity contribution in [3.8, 4) is 11.5 Å². The summed E-state index contributed by atoms with van der Waals surface area (Å²) in [6.45, 7) is 7.40. The number of aryl methyl sites for hydroxylation is 1. The van der Waals surface area contributed by atoms with E-state index in [2.05, 4.69) is 5.32 Å². The lowest BCUT2D eigenvalue weighted by atomic mass is 10.1. The Morgan fingerprint density at radius 3 is 2.50 bits per heavy atom. The van der Waals surface area contributed by atoms with Crippen molar-refractivity contribution in [2.24, 2.45) is 0 Å². The van der Waals surface area contributed by atoms with Gasteiger partial charge < -0.3 is 15.2 Å². The Morgan fingerprint density at radius 1 is 1.38 bits per heavy atom. The number of rotatable bonds is 1. The molecule has 0 atom stereocenters. The number of benzene rings is 1. The van der Waals surface area contributed by atoms with Crippen LogP contribution in [0.4, 0.5) is 4.79 Å². The molecule has 16 heavy (non-hydrogen) atoms. The Balaban J connectivity index is 2.70. The van der Waals surface area contributed by atoms with E-state index < -0.39 is 6.09 Å². The van der Waals surface area contributed by atoms with Gasteiger partial charge in [-0.05, 0) is 45.4 Å². The van der Waals surface area contributed by atoms with Gasteiger partial charge in [0.05, 0.1) is 0 Å². The van der Waals surface area contributed by atoms with Crippen molar-refractivity contribution in [3.05, 3.63) is 23.8 Å². The fourth-order valence-corrected chi connectivity index (χ4v) is 1.15. The molecular weight excluding hydrogens is 206 g/mol. The summed E-state index contributed by atoms with van der Waals surface area (Å²) in [7, 11) is 0. The first-order chi connectivity index (χ1) is 7.28. The highest BCUT2D eigenvalue weighted by Crippen LogP contribution is 2.26. The average molecular weight is 223 g/mol. The van der Waals surface area contributed by atoms with Gasteiger partial charge in [-0.3, -0.25) is 0 Å². The number of amides is 1. The number of phenolic OH excluding ortho intramolecular Hbond substituents is 1. The maximum atomic E-state index is 11.4. The second-order valence-corrected chi connectivity index (χ2v) is 4.74. The first-order valence-corrected chi connectivity index (χ1v) is 5.07. The molecule has 0 saturated heterocycles. The molecule has 1 rings (SSSR count). The third-order valence-corrected chi connectivity index (χ3v) is 1.79. The molecule has 0 aromatic heterocycles. The van der Waals surface area contributed by atoms with Gasteiger partial charge in [-0.1, -0.05) is 6.07 Å². The third kappa shape index (κ3) is 3.81. The van der Waals surface area contributed by atoms with E-state index >= 15 is 0 Å². The van der Waals surface area contributed by atoms with Gasteiger partial charge in [0.25, 0.3) is 0 Å². The monoisotopic (exact) mass is 223 g/mol. The van der Waals surface area contributed by atoms with Crippen LogP contribution in [0.15, 0.2) is 18.2 Å². The summed E-state index contributed by atoms with van der Waals surface area (Å²) in [5.74, 6) is 0.122. The lowest BCUT2D eigenvalue weighted by Crippen LogP contribution is -2.42. The van der Waals surface area contributed by atoms with Gasteiger partial charge in [0.2, 0.25) is 0 Å². The maximum Gasteiger partial charge on any atom is 0.413 e. The minimum atomic E-state index is -0.577. The maximum absolute atomic E-state index is 11.4. The van der Waals surface area contributed by atoms with Gasteiger partial charge in [-0.2, -0.15) is 0 Å². The van der Waals surface area contributed by atoms with Gasteiger partial charge in [-0.25, -0.2) is 4.79 Å². The van der Waals surface area contributed by atoms with Crippen LogP contribution < -0.4 is 10.1 Å². The third-order valence-electron chi connectivity index (χ3n) is 1.79. The number of carbonyl (C=O) groups excluding carboxylic acids is 1. The second kappa shape index (κ2) is 4.43. The molecule has 88 valence electrons. The molecule has 0 aliphatic carbocycles. The minimum absolute atomic E-state index is 0.0379. The largest absolute Gasteiger partial charge is 0.504 e. The van der Waals surface area contributed by atoms with Crippen LogP contribution in [-0.4, -0.2) is 16.7 Å². The van der Waals surface area contributed by atoms with Crippen molar-refractivity contribution in [2.45, 2.75) is 33.2 Å². The molecule has 0 radical (unpaired) electrons. The van der Waals surface area contributed by atoms with Crippen molar-refractivity contribution in [1.82, 2.24) is 5.32 Å². The zero-order chi connectivity index (χ0) is 12.3. The standard InChI is InChI=1S/C12H17NO3/c1-8-5-6-10(9(14)7-8)16-11(15)13-12(2,3)4/h5-7,14H,1-4H3,(H,13,15). The molecule has 0 bridgehead atoms. The van der Waals surface area contributed by atoms with Crippen LogP contribution >= 0.6 is 0 Å². The molecule has 0 heterocycles. The summed E-state index contributed by atoms with van der Waals surface area (Å²) in [6, 6.07) is 4.87. The van der Waals surface area contributed by atoms with Gasteiger partial charge in [0, 0.05) is 5.54 Å². The van der Waals surface area contributed by atoms with E-state index in [-0.39, 0.29) is 17.0 Å². The Hall–Kier alpha value is -1.71. The number of ether oxygens (including phenoxy) is 1. The predicted octanol–water partition coefficient (Wildman–Crippen LogP) is 2.59. The van der Waals surface area contributed by atoms with Gasteiger partial charge in [-0.15, -0.1) is 0 Å². The number of aromatic hydroxyl groups is 1. The number of hydrogen-bond acceptors (Lipinski definition) is 3. The Bertz CT molecular complexity index is 394. The van der Waals surface area contributed by atoms with Crippen molar-refractivity contribution in [3.63, 3.8) is 0 Å². The Morgan fingerprint density at radius 2 is 2.00 bits per heavy atom. The summed E-state index contributed by atoms with van der Waals surface area (Å²) in [6.07, 6.45) is -0.577. The second-order valence-electron chi connectivity index (χ2n) is 4.74. The minimum Gasteiger partial charge on any atom is -0.504 e. The topological polar surface area (TPSA) is 58.6 Å². The van der Waals surface area contributed by atoms with Crippen LogP contribution in [0.5, 0.6) is 11.5 Å². The van der Waals surface area contributed by atoms with E-state index in [0.29, 0.717) is 0 Å². The van der Waals surface area contributed by atoms with Crippen molar-refractivity contribution < 1.29 is 14.6 Å². The molecule has 1 amide bonds. The smallest absolute Gasteiger partial charge is 0.413 e. The SMILES string of the molecule is Cc1ccc(OC(=O)NC(C)(C)C)c(O)c1. The summed E-state index contributed by atoms with van der Waals surface area (Å²) in [5, 5.41) is 12.2. The fraction of sp³-hybridized carbons (Fsp3) is 0.417. The average Bonchev–Trinajstić information content (AvgIpc) is 2.06. The zero-order valence-corrected chi connectivity index (χ0v) is 10.00. The number of hydrogen-bond donors (Lipinski definition) is 2. The molecule has 0 saturated carbocycles. The molecule has 0 aliphatic heterocycles. The van der Waals surface area contributed by atoms with Crippen molar-refractivity contribution in [2.75, 3.05) is 0 Å². The molecule has 0 aliphatic rings. The van der Waals surface area contributed by atoms with Crippen LogP contribution in [0.1, 0.15) is 26.3 Å². The van der Waals surface area contributed by atoms with E-state index in [0.717, 1.165) is 5.56 Å². The summed E-state index contributed by atoms with van der Waals surface area (Å²) in [5.41, 5.74) is 0.540. The highest BCUT2D eigenvalue weighted by molar-refractivity contribution is 5.72. The lowest BCUT2D eigenvalue weighted by Gasteiger charge is -2.20. The first-order valence-electron chi connectivity index (χ1n) is 5.07. The highest BCUT2D eigenvalue weighted by atomic mass is 16.6. The van der Waals surface area contributed by atoms with Crippen LogP contribution in [-0.2, 0) is 0 Å². The van der Waals surface area contributed by atoms with E-state index in [1.54, 1.807) is 18.2 Å². The summed E-state index contributed by atoms with van der Waals surface area (Å²) >= 11 is 0. The van der Waals surface area contributed by atoms with Crippen molar-refractivity contribution >= 4 is 6.09 Å². The number of phenols is 1. The predicted molar refractivity (Wildman–Crippen MR) is 61.8 cm³/mol. The molecule has 0 spiro atoms.